The van der Waals surface area contributed by atoms with E-state index in [1.165, 1.54) is 0 Å². The summed E-state index contributed by atoms with van der Waals surface area (Å²) in [4.78, 5) is 10.8. The molecule has 0 aromatic carbocycles. The van der Waals surface area contributed by atoms with Gasteiger partial charge in [-0.05, 0) is 56.3 Å². The van der Waals surface area contributed by atoms with Crippen LogP contribution in [-0.2, 0) is 14.3 Å². The zero-order valence-electron chi connectivity index (χ0n) is 11.5. The first kappa shape index (κ1) is 13.4. The zero-order valence-corrected chi connectivity index (χ0v) is 11.5. The summed E-state index contributed by atoms with van der Waals surface area (Å²) >= 11 is 0. The number of fused-ring (bicyclic) bond motifs is 1. The summed E-state index contributed by atoms with van der Waals surface area (Å²) in [6.45, 7) is 2.70. The Bertz CT molecular complexity index is 332. The normalized spacial score (nSPS) is 47.1. The van der Waals surface area contributed by atoms with Gasteiger partial charge in [-0.15, -0.1) is 0 Å². The van der Waals surface area contributed by atoms with Crippen LogP contribution < -0.4 is 0 Å². The molecule has 4 heteroatoms. The van der Waals surface area contributed by atoms with E-state index in [-0.39, 0.29) is 12.2 Å². The fraction of sp³-hybridized carbons (Fsp3) is 0.933. The first-order valence-corrected chi connectivity index (χ1v) is 7.61. The lowest BCUT2D eigenvalue weighted by Crippen LogP contribution is -2.39. The molecule has 7 unspecified atom stereocenters. The maximum absolute atomic E-state index is 10.8. The molecule has 0 aromatic heterocycles. The smallest absolute Gasteiger partial charge is 0.293 e. The van der Waals surface area contributed by atoms with Crippen molar-refractivity contribution in [2.75, 3.05) is 0 Å². The molecule has 0 radical (unpaired) electrons. The molecule has 3 rings (SSSR count). The molecular formula is C15H24O4. The van der Waals surface area contributed by atoms with E-state index >= 15 is 0 Å². The largest absolute Gasteiger partial charge is 0.464 e. The van der Waals surface area contributed by atoms with Crippen LogP contribution in [0.2, 0.25) is 0 Å². The number of ether oxygens (including phenoxy) is 2. The molecule has 7 atom stereocenters. The Kier molecular flexibility index (Phi) is 3.81. The van der Waals surface area contributed by atoms with Gasteiger partial charge in [0.1, 0.15) is 6.10 Å². The van der Waals surface area contributed by atoms with Crippen LogP contribution in [0.5, 0.6) is 0 Å². The Balaban J connectivity index is 1.64. The van der Waals surface area contributed by atoms with Gasteiger partial charge in [0.25, 0.3) is 6.47 Å². The molecule has 1 N–H and O–H groups in total. The molecule has 0 aromatic rings. The van der Waals surface area contributed by atoms with Crippen LogP contribution in [0, 0.1) is 17.8 Å². The first-order valence-electron chi connectivity index (χ1n) is 7.61. The lowest BCUT2D eigenvalue weighted by molar-refractivity contribution is -0.142. The standard InChI is InChI=1S/C15H24O4/c1-9-6-10(2-4-12(9)17)15(18-8-16)11-3-5-13-14(7-11)19-13/h8-15,17H,2-7H2,1H3. The third-order valence-electron chi connectivity index (χ3n) is 5.35. The molecule has 19 heavy (non-hydrogen) atoms. The van der Waals surface area contributed by atoms with Crippen LogP contribution in [0.1, 0.15) is 45.4 Å². The predicted molar refractivity (Wildman–Crippen MR) is 69.5 cm³/mol. The second-order valence-corrected chi connectivity index (χ2v) is 6.60. The third-order valence-corrected chi connectivity index (χ3v) is 5.35. The number of carbonyl (C=O) groups is 1. The van der Waals surface area contributed by atoms with Crippen molar-refractivity contribution in [3.05, 3.63) is 0 Å². The number of rotatable bonds is 4. The minimum Gasteiger partial charge on any atom is -0.464 e. The van der Waals surface area contributed by atoms with Crippen molar-refractivity contribution >= 4 is 6.47 Å². The highest BCUT2D eigenvalue weighted by atomic mass is 16.6. The fourth-order valence-corrected chi connectivity index (χ4v) is 4.12. The molecule has 108 valence electrons. The summed E-state index contributed by atoms with van der Waals surface area (Å²) in [5.41, 5.74) is 0. The van der Waals surface area contributed by atoms with Gasteiger partial charge in [0.2, 0.25) is 0 Å². The average molecular weight is 268 g/mol. The first-order chi connectivity index (χ1) is 9.19. The van der Waals surface area contributed by atoms with Crippen LogP contribution in [0.4, 0.5) is 0 Å². The van der Waals surface area contributed by atoms with Gasteiger partial charge in [0.05, 0.1) is 18.3 Å². The summed E-state index contributed by atoms with van der Waals surface area (Å²) in [7, 11) is 0. The zero-order chi connectivity index (χ0) is 13.4. The van der Waals surface area contributed by atoms with E-state index in [0.29, 0.717) is 36.4 Å². The molecule has 1 saturated heterocycles. The molecule has 4 nitrogen and oxygen atoms in total. The van der Waals surface area contributed by atoms with E-state index in [0.717, 1.165) is 38.5 Å². The molecule has 0 amide bonds. The molecular weight excluding hydrogens is 244 g/mol. The van der Waals surface area contributed by atoms with E-state index in [1.807, 2.05) is 0 Å². The van der Waals surface area contributed by atoms with Crippen molar-refractivity contribution in [1.29, 1.82) is 0 Å². The van der Waals surface area contributed by atoms with Crippen LogP contribution >= 0.6 is 0 Å². The summed E-state index contributed by atoms with van der Waals surface area (Å²) in [6.07, 6.45) is 6.76. The third kappa shape index (κ3) is 2.79. The minimum atomic E-state index is -0.185. The number of carbonyl (C=O) groups excluding carboxylic acids is 1. The van der Waals surface area contributed by atoms with Crippen LogP contribution in [-0.4, -0.2) is 36.0 Å². The number of aliphatic hydroxyl groups is 1. The molecule has 1 aliphatic heterocycles. The van der Waals surface area contributed by atoms with Crippen molar-refractivity contribution in [2.24, 2.45) is 17.8 Å². The van der Waals surface area contributed by atoms with E-state index in [2.05, 4.69) is 6.92 Å². The van der Waals surface area contributed by atoms with E-state index in [9.17, 15) is 9.90 Å². The second kappa shape index (κ2) is 5.41. The van der Waals surface area contributed by atoms with Gasteiger partial charge >= 0.3 is 0 Å². The maximum atomic E-state index is 10.8. The van der Waals surface area contributed by atoms with Gasteiger partial charge in [-0.1, -0.05) is 6.92 Å². The number of hydrogen-bond acceptors (Lipinski definition) is 4. The topological polar surface area (TPSA) is 59.1 Å². The molecule has 2 saturated carbocycles. The van der Waals surface area contributed by atoms with Crippen molar-refractivity contribution in [1.82, 2.24) is 0 Å². The molecule has 0 spiro atoms. The fourth-order valence-electron chi connectivity index (χ4n) is 4.12. The van der Waals surface area contributed by atoms with E-state index in [4.69, 9.17) is 9.47 Å². The van der Waals surface area contributed by atoms with Crippen molar-refractivity contribution < 1.29 is 19.4 Å². The van der Waals surface area contributed by atoms with Crippen LogP contribution in [0.25, 0.3) is 0 Å². The Morgan fingerprint density at radius 2 is 1.89 bits per heavy atom. The summed E-state index contributed by atoms with van der Waals surface area (Å²) in [5, 5.41) is 9.84. The van der Waals surface area contributed by atoms with Gasteiger partial charge in [0.15, 0.2) is 0 Å². The monoisotopic (exact) mass is 268 g/mol. The molecule has 1 heterocycles. The lowest BCUT2D eigenvalue weighted by atomic mass is 9.72. The summed E-state index contributed by atoms with van der Waals surface area (Å²) in [6, 6.07) is 0. The number of epoxide rings is 1. The molecule has 3 fully saturated rings. The SMILES string of the molecule is CC1CC(C(OC=O)C2CCC3OC3C2)CCC1O. The van der Waals surface area contributed by atoms with E-state index in [1.54, 1.807) is 0 Å². The lowest BCUT2D eigenvalue weighted by Gasteiger charge is -2.38. The van der Waals surface area contributed by atoms with Gasteiger partial charge in [-0.3, -0.25) is 4.79 Å². The Morgan fingerprint density at radius 3 is 2.58 bits per heavy atom. The highest BCUT2D eigenvalue weighted by Crippen LogP contribution is 2.44. The Morgan fingerprint density at radius 1 is 1.16 bits per heavy atom. The predicted octanol–water partition coefficient (Wildman–Crippen LogP) is 1.89. The Labute approximate surface area is 114 Å². The van der Waals surface area contributed by atoms with Gasteiger partial charge in [0, 0.05) is 0 Å². The number of aliphatic hydroxyl groups excluding tert-OH is 1. The summed E-state index contributed by atoms with van der Waals surface area (Å²) in [5.74, 6) is 1.16. The van der Waals surface area contributed by atoms with Gasteiger partial charge in [-0.25, -0.2) is 0 Å². The highest BCUT2D eigenvalue weighted by Gasteiger charge is 2.48. The second-order valence-electron chi connectivity index (χ2n) is 6.60. The molecule has 3 aliphatic rings. The van der Waals surface area contributed by atoms with Crippen molar-refractivity contribution in [3.63, 3.8) is 0 Å². The molecule has 0 bridgehead atoms. The minimum absolute atomic E-state index is 0.0256. The van der Waals surface area contributed by atoms with Crippen LogP contribution in [0.15, 0.2) is 0 Å². The van der Waals surface area contributed by atoms with Crippen LogP contribution in [0.3, 0.4) is 0 Å². The van der Waals surface area contributed by atoms with Crippen molar-refractivity contribution in [3.8, 4) is 0 Å². The Hall–Kier alpha value is -0.610. The van der Waals surface area contributed by atoms with Gasteiger partial charge < -0.3 is 14.6 Å². The van der Waals surface area contributed by atoms with E-state index < -0.39 is 0 Å². The number of hydrogen-bond donors (Lipinski definition) is 1. The maximum Gasteiger partial charge on any atom is 0.293 e. The molecule has 2 aliphatic carbocycles. The summed E-state index contributed by atoms with van der Waals surface area (Å²) < 4.78 is 11.0. The van der Waals surface area contributed by atoms with Gasteiger partial charge in [-0.2, -0.15) is 0 Å². The highest BCUT2D eigenvalue weighted by molar-refractivity contribution is 5.37. The van der Waals surface area contributed by atoms with Crippen molar-refractivity contribution in [2.45, 2.75) is 69.9 Å². The quantitative estimate of drug-likeness (QED) is 0.625. The average Bonchev–Trinajstić information content (AvgIpc) is 3.17.